The van der Waals surface area contributed by atoms with Gasteiger partial charge in [-0.1, -0.05) is 30.3 Å². The number of hydrogen-bond acceptors (Lipinski definition) is 4. The van der Waals surface area contributed by atoms with Crippen molar-refractivity contribution in [2.24, 2.45) is 0 Å². The molecule has 5 heteroatoms. The molecule has 1 amide bonds. The summed E-state index contributed by atoms with van der Waals surface area (Å²) in [7, 11) is 0. The van der Waals surface area contributed by atoms with Gasteiger partial charge in [0.15, 0.2) is 0 Å². The molecule has 2 aromatic carbocycles. The van der Waals surface area contributed by atoms with Crippen LogP contribution in [0, 0.1) is 0 Å². The molecule has 21 heavy (non-hydrogen) atoms. The van der Waals surface area contributed by atoms with E-state index in [9.17, 15) is 14.7 Å². The zero-order valence-corrected chi connectivity index (χ0v) is 11.4. The maximum absolute atomic E-state index is 11.9. The minimum absolute atomic E-state index is 0.122. The van der Waals surface area contributed by atoms with Gasteiger partial charge in [-0.3, -0.25) is 4.79 Å². The van der Waals surface area contributed by atoms with E-state index >= 15 is 0 Å². The number of nitrogens with one attached hydrogen (secondary N) is 1. The lowest BCUT2D eigenvalue weighted by Gasteiger charge is -2.11. The summed E-state index contributed by atoms with van der Waals surface area (Å²) in [5, 5.41) is 9.21. The van der Waals surface area contributed by atoms with Crippen molar-refractivity contribution < 1.29 is 19.5 Å². The Hall–Kier alpha value is -2.82. The fraction of sp³-hybridized carbons (Fsp3) is 0.125. The molecule has 0 unspecified atom stereocenters. The lowest BCUT2D eigenvalue weighted by atomic mass is 10.0. The molecule has 0 aliphatic heterocycles. The van der Waals surface area contributed by atoms with Crippen molar-refractivity contribution in [1.29, 1.82) is 0 Å². The normalized spacial score (nSPS) is 11.5. The highest BCUT2D eigenvalue weighted by molar-refractivity contribution is 5.94. The van der Waals surface area contributed by atoms with E-state index in [0.717, 1.165) is 0 Å². The summed E-state index contributed by atoms with van der Waals surface area (Å²) in [6.07, 6.45) is 0. The molecule has 0 saturated carbocycles. The van der Waals surface area contributed by atoms with E-state index in [1.54, 1.807) is 49.4 Å². The quantitative estimate of drug-likeness (QED) is 0.849. The first kappa shape index (κ1) is 14.6. The zero-order valence-electron chi connectivity index (χ0n) is 11.4. The van der Waals surface area contributed by atoms with Crippen LogP contribution in [0.25, 0.3) is 0 Å². The summed E-state index contributed by atoms with van der Waals surface area (Å²) in [5.74, 6) is -1.50. The highest BCUT2D eigenvalue weighted by atomic mass is 16.7. The maximum atomic E-state index is 11.9. The first-order chi connectivity index (χ1) is 10.1. The Morgan fingerprint density at radius 1 is 1.05 bits per heavy atom. The molecular weight excluding hydrogens is 270 g/mol. The number of rotatable bonds is 3. The molecule has 0 aliphatic carbocycles. The first-order valence-corrected chi connectivity index (χ1v) is 6.43. The first-order valence-electron chi connectivity index (χ1n) is 6.43. The average molecular weight is 285 g/mol. The average Bonchev–Trinajstić information content (AvgIpc) is 2.53. The number of carbonyl (C=O) groups excluding carboxylic acids is 2. The Kier molecular flexibility index (Phi) is 4.56. The predicted molar refractivity (Wildman–Crippen MR) is 76.5 cm³/mol. The van der Waals surface area contributed by atoms with Gasteiger partial charge in [0.2, 0.25) is 0 Å². The molecule has 0 bridgehead atoms. The Morgan fingerprint density at radius 3 is 2.29 bits per heavy atom. The van der Waals surface area contributed by atoms with E-state index in [-0.39, 0.29) is 5.75 Å². The molecule has 0 radical (unpaired) electrons. The molecule has 0 spiro atoms. The second-order valence-corrected chi connectivity index (χ2v) is 4.53. The van der Waals surface area contributed by atoms with Crippen LogP contribution >= 0.6 is 0 Å². The topological polar surface area (TPSA) is 75.6 Å². The van der Waals surface area contributed by atoms with Crippen molar-refractivity contribution in [3.05, 3.63) is 65.7 Å². The third-order valence-electron chi connectivity index (χ3n) is 3.03. The molecular formula is C16H15NO4. The van der Waals surface area contributed by atoms with Crippen LogP contribution in [0.5, 0.6) is 5.75 Å². The number of hydroxylamine groups is 1. The van der Waals surface area contributed by atoms with Gasteiger partial charge in [0.25, 0.3) is 5.91 Å². The molecule has 0 aromatic heterocycles. The number of phenolic OH excluding ortho intramolecular Hbond substituents is 1. The smallest absolute Gasteiger partial charge is 0.339 e. The van der Waals surface area contributed by atoms with Crippen LogP contribution in [0.1, 0.15) is 28.8 Å². The maximum Gasteiger partial charge on any atom is 0.339 e. The fourth-order valence-corrected chi connectivity index (χ4v) is 1.73. The van der Waals surface area contributed by atoms with E-state index in [1.165, 1.54) is 12.1 Å². The molecule has 0 heterocycles. The summed E-state index contributed by atoms with van der Waals surface area (Å²) < 4.78 is 0. The molecule has 0 saturated heterocycles. The van der Waals surface area contributed by atoms with Gasteiger partial charge in [-0.25, -0.2) is 4.79 Å². The number of benzene rings is 2. The number of aromatic hydroxyl groups is 1. The number of amides is 1. The monoisotopic (exact) mass is 285 g/mol. The van der Waals surface area contributed by atoms with E-state index < -0.39 is 17.8 Å². The van der Waals surface area contributed by atoms with Crippen molar-refractivity contribution in [3.8, 4) is 5.75 Å². The van der Waals surface area contributed by atoms with Crippen molar-refractivity contribution >= 4 is 11.9 Å². The summed E-state index contributed by atoms with van der Waals surface area (Å²) in [6, 6.07) is 14.7. The zero-order chi connectivity index (χ0) is 15.2. The van der Waals surface area contributed by atoms with Crippen LogP contribution < -0.4 is 5.48 Å². The van der Waals surface area contributed by atoms with Gasteiger partial charge in [-0.15, -0.1) is 0 Å². The van der Waals surface area contributed by atoms with Crippen molar-refractivity contribution in [3.63, 3.8) is 0 Å². The number of carbonyl (C=O) groups is 2. The Balaban J connectivity index is 1.92. The van der Waals surface area contributed by atoms with E-state index in [4.69, 9.17) is 4.84 Å². The van der Waals surface area contributed by atoms with Gasteiger partial charge in [0.05, 0.1) is 5.92 Å². The second kappa shape index (κ2) is 6.56. The molecule has 108 valence electrons. The summed E-state index contributed by atoms with van der Waals surface area (Å²) >= 11 is 0. The minimum atomic E-state index is -0.579. The third-order valence-corrected chi connectivity index (χ3v) is 3.03. The van der Waals surface area contributed by atoms with Gasteiger partial charge >= 0.3 is 5.97 Å². The van der Waals surface area contributed by atoms with Crippen LogP contribution in [-0.2, 0) is 9.63 Å². The van der Waals surface area contributed by atoms with Gasteiger partial charge in [0, 0.05) is 5.56 Å². The highest BCUT2D eigenvalue weighted by Gasteiger charge is 2.18. The van der Waals surface area contributed by atoms with Gasteiger partial charge in [-0.05, 0) is 36.8 Å². The van der Waals surface area contributed by atoms with Crippen molar-refractivity contribution in [1.82, 2.24) is 5.48 Å². The summed E-state index contributed by atoms with van der Waals surface area (Å²) in [5.41, 5.74) is 3.21. The summed E-state index contributed by atoms with van der Waals surface area (Å²) in [4.78, 5) is 28.4. The third kappa shape index (κ3) is 3.82. The van der Waals surface area contributed by atoms with Crippen LogP contribution in [-0.4, -0.2) is 17.0 Å². The minimum Gasteiger partial charge on any atom is -0.508 e. The Morgan fingerprint density at radius 2 is 1.67 bits per heavy atom. The number of hydrogen-bond donors (Lipinski definition) is 2. The molecule has 0 fully saturated rings. The van der Waals surface area contributed by atoms with Crippen LogP contribution in [0.15, 0.2) is 54.6 Å². The molecule has 2 rings (SSSR count). The Labute approximate surface area is 122 Å². The van der Waals surface area contributed by atoms with Gasteiger partial charge in [0.1, 0.15) is 5.75 Å². The van der Waals surface area contributed by atoms with E-state index in [2.05, 4.69) is 5.48 Å². The molecule has 0 aliphatic rings. The predicted octanol–water partition coefficient (Wildman–Crippen LogP) is 2.38. The van der Waals surface area contributed by atoms with E-state index in [0.29, 0.717) is 11.1 Å². The van der Waals surface area contributed by atoms with Crippen molar-refractivity contribution in [2.75, 3.05) is 0 Å². The fourth-order valence-electron chi connectivity index (χ4n) is 1.73. The number of phenols is 1. The van der Waals surface area contributed by atoms with E-state index in [1.807, 2.05) is 0 Å². The van der Waals surface area contributed by atoms with Crippen LogP contribution in [0.2, 0.25) is 0 Å². The van der Waals surface area contributed by atoms with Crippen LogP contribution in [0.3, 0.4) is 0 Å². The highest BCUT2D eigenvalue weighted by Crippen LogP contribution is 2.19. The van der Waals surface area contributed by atoms with Gasteiger partial charge < -0.3 is 9.94 Å². The van der Waals surface area contributed by atoms with Gasteiger partial charge in [-0.2, -0.15) is 5.48 Å². The Bertz CT molecular complexity index is 622. The molecule has 2 aromatic rings. The SMILES string of the molecule is C[C@H](C(=O)ONC(=O)c1ccccc1)c1ccc(O)cc1. The van der Waals surface area contributed by atoms with Crippen LogP contribution in [0.4, 0.5) is 0 Å². The molecule has 2 N–H and O–H groups in total. The standard InChI is InChI=1S/C16H15NO4/c1-11(12-7-9-14(18)10-8-12)16(20)21-17-15(19)13-5-3-2-4-6-13/h2-11,18H,1H3,(H,17,19)/t11-/m0/s1. The summed E-state index contributed by atoms with van der Waals surface area (Å²) in [6.45, 7) is 1.66. The molecule has 1 atom stereocenters. The second-order valence-electron chi connectivity index (χ2n) is 4.53. The molecule has 5 nitrogen and oxygen atoms in total. The lowest BCUT2D eigenvalue weighted by Crippen LogP contribution is -2.29. The van der Waals surface area contributed by atoms with Crippen molar-refractivity contribution in [2.45, 2.75) is 12.8 Å². The lowest BCUT2D eigenvalue weighted by molar-refractivity contribution is -0.150. The largest absolute Gasteiger partial charge is 0.508 e.